The van der Waals surface area contributed by atoms with E-state index in [0.29, 0.717) is 38.5 Å². The minimum absolute atomic E-state index is 0.217. The Balaban J connectivity index is 2.06. The second-order valence-electron chi connectivity index (χ2n) is 6.65. The Morgan fingerprint density at radius 3 is 2.57 bits per heavy atom. The summed E-state index contributed by atoms with van der Waals surface area (Å²) >= 11 is 0. The van der Waals surface area contributed by atoms with Crippen molar-refractivity contribution in [1.29, 1.82) is 0 Å². The molecular formula is C19H22F3N3O3. The molecule has 1 atom stereocenters. The Hall–Kier alpha value is -2.55. The number of benzene rings is 1. The smallest absolute Gasteiger partial charge is 0.378 e. The first-order valence-corrected chi connectivity index (χ1v) is 9.07. The van der Waals surface area contributed by atoms with Crippen molar-refractivity contribution in [3.8, 4) is 0 Å². The summed E-state index contributed by atoms with van der Waals surface area (Å²) in [7, 11) is 0. The van der Waals surface area contributed by atoms with Crippen molar-refractivity contribution in [1.82, 2.24) is 15.1 Å². The minimum atomic E-state index is -4.52. The van der Waals surface area contributed by atoms with Gasteiger partial charge in [0.05, 0.1) is 30.4 Å². The van der Waals surface area contributed by atoms with Gasteiger partial charge >= 0.3 is 12.2 Å². The van der Waals surface area contributed by atoms with Crippen LogP contribution in [-0.4, -0.2) is 54.6 Å². The number of ether oxygens (including phenoxy) is 1. The lowest BCUT2D eigenvalue weighted by molar-refractivity contribution is -0.137. The van der Waals surface area contributed by atoms with Crippen LogP contribution >= 0.6 is 0 Å². The van der Waals surface area contributed by atoms with Crippen molar-refractivity contribution in [2.45, 2.75) is 26.1 Å². The van der Waals surface area contributed by atoms with Crippen LogP contribution < -0.4 is 5.32 Å². The summed E-state index contributed by atoms with van der Waals surface area (Å²) in [4.78, 5) is 28.7. The average molecular weight is 397 g/mol. The molecule has 0 aliphatic carbocycles. The minimum Gasteiger partial charge on any atom is -0.378 e. The monoisotopic (exact) mass is 397 g/mol. The van der Waals surface area contributed by atoms with Gasteiger partial charge in [0.2, 0.25) is 0 Å². The molecule has 0 unspecified atom stereocenters. The highest BCUT2D eigenvalue weighted by Crippen LogP contribution is 2.35. The maximum atomic E-state index is 13.2. The summed E-state index contributed by atoms with van der Waals surface area (Å²) in [6.45, 7) is 5.34. The molecule has 2 aliphatic rings. The Kier molecular flexibility index (Phi) is 5.64. The van der Waals surface area contributed by atoms with Gasteiger partial charge < -0.3 is 15.0 Å². The first kappa shape index (κ1) is 20.2. The summed E-state index contributed by atoms with van der Waals surface area (Å²) in [6, 6.07) is 3.32. The van der Waals surface area contributed by atoms with Gasteiger partial charge in [0.1, 0.15) is 0 Å². The van der Waals surface area contributed by atoms with Gasteiger partial charge in [0.25, 0.3) is 5.91 Å². The van der Waals surface area contributed by atoms with Crippen LogP contribution in [0.2, 0.25) is 0 Å². The molecule has 28 heavy (non-hydrogen) atoms. The third kappa shape index (κ3) is 3.84. The lowest BCUT2D eigenvalue weighted by Crippen LogP contribution is -2.51. The van der Waals surface area contributed by atoms with Gasteiger partial charge in [-0.25, -0.2) is 4.79 Å². The van der Waals surface area contributed by atoms with E-state index >= 15 is 0 Å². The van der Waals surface area contributed by atoms with Crippen molar-refractivity contribution in [2.75, 3.05) is 32.8 Å². The molecule has 3 amide bonds. The first-order chi connectivity index (χ1) is 13.2. The van der Waals surface area contributed by atoms with Crippen LogP contribution in [-0.2, 0) is 15.7 Å². The maximum absolute atomic E-state index is 13.2. The van der Waals surface area contributed by atoms with Crippen LogP contribution in [0.3, 0.4) is 0 Å². The number of nitrogens with zero attached hydrogens (tertiary/aromatic N) is 2. The van der Waals surface area contributed by atoms with Crippen molar-refractivity contribution in [3.63, 3.8) is 0 Å². The van der Waals surface area contributed by atoms with E-state index in [-0.39, 0.29) is 17.0 Å². The molecule has 1 fully saturated rings. The van der Waals surface area contributed by atoms with Crippen LogP contribution in [0.15, 0.2) is 35.5 Å². The molecule has 1 aromatic carbocycles. The fraction of sp³-hybridized carbons (Fsp3) is 0.474. The summed E-state index contributed by atoms with van der Waals surface area (Å²) < 4.78 is 44.7. The number of carbonyl (C=O) groups excluding carboxylic acids is 2. The molecule has 0 bridgehead atoms. The van der Waals surface area contributed by atoms with Gasteiger partial charge in [-0.3, -0.25) is 9.69 Å². The summed E-state index contributed by atoms with van der Waals surface area (Å²) in [5, 5.41) is 2.70. The number of allylic oxidation sites excluding steroid dienone is 1. The van der Waals surface area contributed by atoms with Crippen LogP contribution in [0.5, 0.6) is 0 Å². The fourth-order valence-corrected chi connectivity index (χ4v) is 3.52. The third-order valence-electron chi connectivity index (χ3n) is 4.99. The van der Waals surface area contributed by atoms with Crippen LogP contribution in [0.1, 0.15) is 31.0 Å². The second-order valence-corrected chi connectivity index (χ2v) is 6.65. The van der Waals surface area contributed by atoms with E-state index in [2.05, 4.69) is 5.32 Å². The summed E-state index contributed by atoms with van der Waals surface area (Å²) in [6.07, 6.45) is -4.52. The van der Waals surface area contributed by atoms with Crippen LogP contribution in [0, 0.1) is 0 Å². The van der Waals surface area contributed by atoms with Crippen LogP contribution in [0.25, 0.3) is 0 Å². The van der Waals surface area contributed by atoms with E-state index in [1.54, 1.807) is 18.7 Å². The number of halogens is 3. The zero-order valence-electron chi connectivity index (χ0n) is 15.7. The molecule has 2 aliphatic heterocycles. The van der Waals surface area contributed by atoms with Crippen molar-refractivity contribution >= 4 is 11.9 Å². The second kappa shape index (κ2) is 7.83. The lowest BCUT2D eigenvalue weighted by atomic mass is 9.92. The Bertz CT molecular complexity index is 801. The largest absolute Gasteiger partial charge is 0.416 e. The van der Waals surface area contributed by atoms with Crippen molar-refractivity contribution in [3.05, 3.63) is 46.7 Å². The lowest BCUT2D eigenvalue weighted by Gasteiger charge is -2.38. The number of rotatable bonds is 3. The van der Waals surface area contributed by atoms with Crippen LogP contribution in [0.4, 0.5) is 18.0 Å². The van der Waals surface area contributed by atoms with Crippen molar-refractivity contribution in [2.24, 2.45) is 0 Å². The highest BCUT2D eigenvalue weighted by Gasteiger charge is 2.38. The van der Waals surface area contributed by atoms with Gasteiger partial charge in [0, 0.05) is 25.3 Å². The molecule has 2 heterocycles. The zero-order valence-corrected chi connectivity index (χ0v) is 15.7. The number of nitrogens with one attached hydrogen (secondary N) is 1. The molecular weight excluding hydrogens is 375 g/mol. The molecule has 1 N–H and O–H groups in total. The average Bonchev–Trinajstić information content (AvgIpc) is 2.67. The Morgan fingerprint density at radius 2 is 1.96 bits per heavy atom. The van der Waals surface area contributed by atoms with Gasteiger partial charge in [-0.1, -0.05) is 12.1 Å². The predicted molar refractivity (Wildman–Crippen MR) is 95.2 cm³/mol. The number of hydrogen-bond donors (Lipinski definition) is 1. The Labute approximate surface area is 160 Å². The third-order valence-corrected chi connectivity index (χ3v) is 4.99. The SMILES string of the molecule is CCN1C(=O)N[C@H](c2cccc(C(F)(F)F)c2)C(C(=O)N2CCOCC2)=C1C. The van der Waals surface area contributed by atoms with Gasteiger partial charge in [-0.05, 0) is 31.5 Å². The number of carbonyl (C=O) groups is 2. The summed E-state index contributed by atoms with van der Waals surface area (Å²) in [5.41, 5.74) is 0.121. The number of hydrogen-bond acceptors (Lipinski definition) is 3. The maximum Gasteiger partial charge on any atom is 0.416 e. The number of alkyl halides is 3. The molecule has 9 heteroatoms. The van der Waals surface area contributed by atoms with Crippen molar-refractivity contribution < 1.29 is 27.5 Å². The molecule has 0 radical (unpaired) electrons. The highest BCUT2D eigenvalue weighted by atomic mass is 19.4. The topological polar surface area (TPSA) is 61.9 Å². The first-order valence-electron chi connectivity index (χ1n) is 9.07. The fourth-order valence-electron chi connectivity index (χ4n) is 3.52. The molecule has 152 valence electrons. The van der Waals surface area contributed by atoms with E-state index in [4.69, 9.17) is 4.74 Å². The standard InChI is InChI=1S/C19H22F3N3O3/c1-3-25-12(2)15(17(26)24-7-9-28-10-8-24)16(23-18(25)27)13-5-4-6-14(11-13)19(20,21)22/h4-6,11,16H,3,7-10H2,1-2H3,(H,23,27)/t16-/m1/s1. The Morgan fingerprint density at radius 1 is 1.29 bits per heavy atom. The molecule has 0 aromatic heterocycles. The molecule has 1 aromatic rings. The van der Waals surface area contributed by atoms with Gasteiger partial charge in [-0.2, -0.15) is 13.2 Å². The molecule has 0 spiro atoms. The molecule has 1 saturated heterocycles. The van der Waals surface area contributed by atoms with E-state index in [1.807, 2.05) is 0 Å². The number of urea groups is 1. The van der Waals surface area contributed by atoms with E-state index in [9.17, 15) is 22.8 Å². The summed E-state index contributed by atoms with van der Waals surface area (Å²) in [5.74, 6) is -0.304. The van der Waals surface area contributed by atoms with E-state index < -0.39 is 23.8 Å². The normalized spacial score (nSPS) is 21.0. The molecule has 3 rings (SSSR count). The quantitative estimate of drug-likeness (QED) is 0.853. The number of morpholine rings is 1. The highest BCUT2D eigenvalue weighted by molar-refractivity contribution is 5.98. The van der Waals surface area contributed by atoms with E-state index in [0.717, 1.165) is 12.1 Å². The number of amides is 3. The molecule has 6 nitrogen and oxygen atoms in total. The van der Waals surface area contributed by atoms with Gasteiger partial charge in [-0.15, -0.1) is 0 Å². The molecule has 0 saturated carbocycles. The predicted octanol–water partition coefficient (Wildman–Crippen LogP) is 2.92. The van der Waals surface area contributed by atoms with Gasteiger partial charge in [0.15, 0.2) is 0 Å². The zero-order chi connectivity index (χ0) is 20.5. The van der Waals surface area contributed by atoms with E-state index in [1.165, 1.54) is 17.0 Å².